The molecule has 0 amide bonds. The van der Waals surface area contributed by atoms with Crippen LogP contribution in [0.15, 0.2) is 38.6 Å². The van der Waals surface area contributed by atoms with Crippen molar-refractivity contribution in [2.75, 3.05) is 0 Å². The summed E-state index contributed by atoms with van der Waals surface area (Å²) in [5.41, 5.74) is 0.103. The first-order valence-electron chi connectivity index (χ1n) is 5.49. The molecule has 0 aliphatic carbocycles. The highest BCUT2D eigenvalue weighted by Gasteiger charge is 2.13. The number of aromatic hydroxyl groups is 1. The van der Waals surface area contributed by atoms with Gasteiger partial charge >= 0.3 is 5.63 Å². The molecule has 1 N–H and O–H groups in total. The van der Waals surface area contributed by atoms with Crippen LogP contribution in [-0.2, 0) is 0 Å². The Bertz CT molecular complexity index is 707. The molecule has 2 aromatic heterocycles. The van der Waals surface area contributed by atoms with Crippen molar-refractivity contribution in [2.24, 2.45) is 4.99 Å². The SMILES string of the molecule is CC(=Nc1cccnc1Cl)c1c(O)cc(C)oc1=O. The number of pyridine rings is 1. The summed E-state index contributed by atoms with van der Waals surface area (Å²) in [6.45, 7) is 3.17. The summed E-state index contributed by atoms with van der Waals surface area (Å²) in [5.74, 6) is 0.161. The van der Waals surface area contributed by atoms with Crippen LogP contribution in [0, 0.1) is 6.92 Å². The summed E-state index contributed by atoms with van der Waals surface area (Å²) in [6, 6.07) is 4.70. The third kappa shape index (κ3) is 2.82. The van der Waals surface area contributed by atoms with Crippen molar-refractivity contribution >= 4 is 23.0 Å². The maximum Gasteiger partial charge on any atom is 0.348 e. The molecule has 0 saturated heterocycles. The van der Waals surface area contributed by atoms with Crippen molar-refractivity contribution in [3.63, 3.8) is 0 Å². The molecule has 98 valence electrons. The second-order valence-corrected chi connectivity index (χ2v) is 4.27. The van der Waals surface area contributed by atoms with Gasteiger partial charge in [-0.05, 0) is 26.0 Å². The first-order chi connectivity index (χ1) is 8.99. The van der Waals surface area contributed by atoms with E-state index in [2.05, 4.69) is 9.98 Å². The zero-order valence-corrected chi connectivity index (χ0v) is 11.1. The Morgan fingerprint density at radius 1 is 1.53 bits per heavy atom. The van der Waals surface area contributed by atoms with E-state index in [9.17, 15) is 9.90 Å². The quantitative estimate of drug-likeness (QED) is 0.677. The van der Waals surface area contributed by atoms with Crippen LogP contribution in [0.5, 0.6) is 5.75 Å². The summed E-state index contributed by atoms with van der Waals surface area (Å²) in [5, 5.41) is 10.0. The smallest absolute Gasteiger partial charge is 0.348 e. The summed E-state index contributed by atoms with van der Waals surface area (Å²) in [6.07, 6.45) is 1.54. The summed E-state index contributed by atoms with van der Waals surface area (Å²) in [4.78, 5) is 19.8. The molecule has 0 unspecified atom stereocenters. The van der Waals surface area contributed by atoms with Crippen molar-refractivity contribution in [2.45, 2.75) is 13.8 Å². The van der Waals surface area contributed by atoms with Gasteiger partial charge in [0.2, 0.25) is 0 Å². The predicted octanol–water partition coefficient (Wildman–Crippen LogP) is 2.84. The third-order valence-corrected chi connectivity index (χ3v) is 2.73. The molecule has 0 radical (unpaired) electrons. The average Bonchev–Trinajstić information content (AvgIpc) is 2.30. The van der Waals surface area contributed by atoms with Crippen molar-refractivity contribution in [1.82, 2.24) is 4.98 Å². The van der Waals surface area contributed by atoms with Crippen LogP contribution >= 0.6 is 11.6 Å². The molecule has 0 spiro atoms. The number of aryl methyl sites for hydroxylation is 1. The van der Waals surface area contributed by atoms with Crippen LogP contribution in [0.4, 0.5) is 5.69 Å². The Balaban J connectivity index is 2.54. The van der Waals surface area contributed by atoms with Gasteiger partial charge in [-0.2, -0.15) is 0 Å². The van der Waals surface area contributed by atoms with E-state index in [1.165, 1.54) is 12.3 Å². The van der Waals surface area contributed by atoms with E-state index >= 15 is 0 Å². The Labute approximate surface area is 114 Å². The molecule has 0 aliphatic heterocycles. The lowest BCUT2D eigenvalue weighted by molar-refractivity contribution is 0.432. The van der Waals surface area contributed by atoms with Crippen molar-refractivity contribution < 1.29 is 9.52 Å². The standard InChI is InChI=1S/C13H11ClN2O3/c1-7-6-10(17)11(13(18)19-7)8(2)16-9-4-3-5-15-12(9)14/h3-6,17H,1-2H3. The largest absolute Gasteiger partial charge is 0.507 e. The first kappa shape index (κ1) is 13.3. The zero-order valence-electron chi connectivity index (χ0n) is 10.3. The number of hydrogen-bond donors (Lipinski definition) is 1. The van der Waals surface area contributed by atoms with E-state index in [-0.39, 0.29) is 16.5 Å². The topological polar surface area (TPSA) is 75.7 Å². The molecule has 0 aliphatic rings. The zero-order chi connectivity index (χ0) is 14.0. The van der Waals surface area contributed by atoms with Gasteiger partial charge in [0.15, 0.2) is 5.15 Å². The fourth-order valence-corrected chi connectivity index (χ4v) is 1.79. The van der Waals surface area contributed by atoms with Crippen LogP contribution in [0.25, 0.3) is 0 Å². The molecule has 6 heteroatoms. The highest BCUT2D eigenvalue weighted by molar-refractivity contribution is 6.31. The van der Waals surface area contributed by atoms with Gasteiger partial charge in [-0.25, -0.2) is 14.8 Å². The van der Waals surface area contributed by atoms with E-state index in [4.69, 9.17) is 16.0 Å². The van der Waals surface area contributed by atoms with Crippen LogP contribution in [0.1, 0.15) is 18.2 Å². The normalized spacial score (nSPS) is 11.6. The molecular weight excluding hydrogens is 268 g/mol. The molecule has 2 aromatic rings. The van der Waals surface area contributed by atoms with Crippen molar-refractivity contribution in [1.29, 1.82) is 0 Å². The highest BCUT2D eigenvalue weighted by atomic mass is 35.5. The molecule has 0 atom stereocenters. The van der Waals surface area contributed by atoms with E-state index < -0.39 is 5.63 Å². The van der Waals surface area contributed by atoms with Gasteiger partial charge in [-0.3, -0.25) is 0 Å². The van der Waals surface area contributed by atoms with Gasteiger partial charge in [0.25, 0.3) is 0 Å². The monoisotopic (exact) mass is 278 g/mol. The number of halogens is 1. The van der Waals surface area contributed by atoms with Crippen LogP contribution in [-0.4, -0.2) is 15.8 Å². The fourth-order valence-electron chi connectivity index (χ4n) is 1.63. The minimum Gasteiger partial charge on any atom is -0.507 e. The molecule has 2 rings (SSSR count). The fraction of sp³-hybridized carbons (Fsp3) is 0.154. The lowest BCUT2D eigenvalue weighted by Gasteiger charge is -2.04. The molecule has 0 bridgehead atoms. The highest BCUT2D eigenvalue weighted by Crippen LogP contribution is 2.23. The molecular formula is C13H11ClN2O3. The van der Waals surface area contributed by atoms with Crippen molar-refractivity contribution in [3.8, 4) is 5.75 Å². The van der Waals surface area contributed by atoms with Gasteiger partial charge in [0, 0.05) is 12.3 Å². The van der Waals surface area contributed by atoms with E-state index in [1.807, 2.05) is 0 Å². The average molecular weight is 279 g/mol. The number of rotatable bonds is 2. The molecule has 2 heterocycles. The van der Waals surface area contributed by atoms with E-state index in [0.29, 0.717) is 17.2 Å². The maximum absolute atomic E-state index is 11.7. The summed E-state index contributed by atoms with van der Waals surface area (Å²) < 4.78 is 4.93. The molecule has 0 fully saturated rings. The van der Waals surface area contributed by atoms with E-state index in [1.54, 1.807) is 26.0 Å². The summed E-state index contributed by atoms with van der Waals surface area (Å²) in [7, 11) is 0. The predicted molar refractivity (Wildman–Crippen MR) is 72.5 cm³/mol. The van der Waals surface area contributed by atoms with Crippen LogP contribution in [0.2, 0.25) is 5.15 Å². The molecule has 0 saturated carbocycles. The Hall–Kier alpha value is -2.14. The van der Waals surface area contributed by atoms with Gasteiger partial charge in [0.05, 0.1) is 5.71 Å². The second kappa shape index (κ2) is 5.24. The van der Waals surface area contributed by atoms with Gasteiger partial charge in [-0.1, -0.05) is 11.6 Å². The Morgan fingerprint density at radius 3 is 2.89 bits per heavy atom. The number of aromatic nitrogens is 1. The number of nitrogens with zero attached hydrogens (tertiary/aromatic N) is 2. The number of aliphatic imine (C=N–C) groups is 1. The Kier molecular flexibility index (Phi) is 3.66. The summed E-state index contributed by atoms with van der Waals surface area (Å²) >= 11 is 5.88. The lowest BCUT2D eigenvalue weighted by Crippen LogP contribution is -2.12. The number of hydrogen-bond acceptors (Lipinski definition) is 5. The van der Waals surface area contributed by atoms with Gasteiger partial charge < -0.3 is 9.52 Å². The van der Waals surface area contributed by atoms with E-state index in [0.717, 1.165) is 0 Å². The second-order valence-electron chi connectivity index (χ2n) is 3.92. The first-order valence-corrected chi connectivity index (χ1v) is 5.86. The lowest BCUT2D eigenvalue weighted by atomic mass is 10.1. The van der Waals surface area contributed by atoms with Crippen LogP contribution in [0.3, 0.4) is 0 Å². The third-order valence-electron chi connectivity index (χ3n) is 2.44. The van der Waals surface area contributed by atoms with Crippen molar-refractivity contribution in [3.05, 3.63) is 51.3 Å². The minimum absolute atomic E-state index is 0.0190. The maximum atomic E-state index is 11.7. The molecule has 19 heavy (non-hydrogen) atoms. The molecule has 0 aromatic carbocycles. The van der Waals surface area contributed by atoms with Gasteiger partial charge in [-0.15, -0.1) is 0 Å². The van der Waals surface area contributed by atoms with Crippen LogP contribution < -0.4 is 5.63 Å². The minimum atomic E-state index is -0.640. The van der Waals surface area contributed by atoms with Gasteiger partial charge in [0.1, 0.15) is 22.8 Å². The molecule has 5 nitrogen and oxygen atoms in total. The Morgan fingerprint density at radius 2 is 2.26 bits per heavy atom.